The summed E-state index contributed by atoms with van der Waals surface area (Å²) in [5, 5.41) is 12.1. The summed E-state index contributed by atoms with van der Waals surface area (Å²) in [5.41, 5.74) is 2.90. The Balaban J connectivity index is 0.000000961. The minimum Gasteiger partial charge on any atom is -0.385 e. The van der Waals surface area contributed by atoms with Gasteiger partial charge in [0.1, 0.15) is 5.82 Å². The number of nitrogens with zero attached hydrogens (tertiary/aromatic N) is 1. The van der Waals surface area contributed by atoms with Gasteiger partial charge in [-0.3, -0.25) is 9.79 Å². The number of hydrogen-bond donors (Lipinski definition) is 2. The number of aliphatic hydroxyl groups is 1. The Morgan fingerprint density at radius 1 is 1.04 bits per heavy atom. The second-order valence-corrected chi connectivity index (χ2v) is 12.9. The van der Waals surface area contributed by atoms with Crippen molar-refractivity contribution in [3.8, 4) is 0 Å². The first kappa shape index (κ1) is 46.4. The van der Waals surface area contributed by atoms with Crippen LogP contribution in [0.4, 0.5) is 27.6 Å². The van der Waals surface area contributed by atoms with Gasteiger partial charge in [-0.15, -0.1) is 0 Å². The van der Waals surface area contributed by atoms with Crippen molar-refractivity contribution in [2.24, 2.45) is 10.9 Å². The van der Waals surface area contributed by atoms with Crippen molar-refractivity contribution in [1.82, 2.24) is 0 Å². The fraction of sp³-hybridized carbons (Fsp3) is 0.512. The Kier molecular flexibility index (Phi) is 19.4. The minimum absolute atomic E-state index is 0.124. The molecular weight excluding hydrogens is 647 g/mol. The fourth-order valence-corrected chi connectivity index (χ4v) is 5.00. The molecule has 2 rings (SSSR count). The summed E-state index contributed by atoms with van der Waals surface area (Å²) in [6.45, 7) is 27.2. The van der Waals surface area contributed by atoms with Crippen molar-refractivity contribution >= 4 is 22.8 Å². The zero-order valence-corrected chi connectivity index (χ0v) is 32.3. The van der Waals surface area contributed by atoms with Crippen LogP contribution in [0.5, 0.6) is 0 Å². The van der Waals surface area contributed by atoms with Crippen LogP contribution in [0.2, 0.25) is 0 Å². The summed E-state index contributed by atoms with van der Waals surface area (Å²) in [6.07, 6.45) is 0.112. The van der Waals surface area contributed by atoms with Crippen LogP contribution in [0.15, 0.2) is 59.8 Å². The van der Waals surface area contributed by atoms with Gasteiger partial charge in [0, 0.05) is 35.0 Å². The van der Waals surface area contributed by atoms with Crippen molar-refractivity contribution in [3.63, 3.8) is 0 Å². The highest BCUT2D eigenvalue weighted by molar-refractivity contribution is 5.99. The summed E-state index contributed by atoms with van der Waals surface area (Å²) >= 11 is 0. The summed E-state index contributed by atoms with van der Waals surface area (Å²) in [4.78, 5) is 16.8. The lowest BCUT2D eigenvalue weighted by Gasteiger charge is -2.27. The Labute approximate surface area is 297 Å². The summed E-state index contributed by atoms with van der Waals surface area (Å²) < 4.78 is 68.6. The molecule has 0 aliphatic rings. The molecule has 0 bridgehead atoms. The number of hydrogen-bond acceptors (Lipinski definition) is 4. The highest BCUT2D eigenvalue weighted by Gasteiger charge is 2.37. The summed E-state index contributed by atoms with van der Waals surface area (Å²) in [7, 11) is 0. The molecule has 2 aromatic carbocycles. The van der Waals surface area contributed by atoms with E-state index in [1.54, 1.807) is 39.8 Å². The number of Topliss-reactive ketones (excluding diaryl/α,β-unsaturated/α-hetero) is 1. The number of aliphatic imine (C=N–C) groups is 1. The number of allylic oxidation sites excluding steroid dienone is 4. The lowest BCUT2D eigenvalue weighted by Crippen LogP contribution is -2.28. The molecule has 0 heterocycles. The zero-order valence-electron chi connectivity index (χ0n) is 32.3. The maximum absolute atomic E-state index is 14.0. The molecule has 0 amide bonds. The van der Waals surface area contributed by atoms with Crippen molar-refractivity contribution in [1.29, 1.82) is 0 Å². The molecule has 50 heavy (non-hydrogen) atoms. The molecule has 0 saturated heterocycles. The van der Waals surface area contributed by atoms with Crippen LogP contribution in [0.25, 0.3) is 5.57 Å². The van der Waals surface area contributed by atoms with Gasteiger partial charge in [0.25, 0.3) is 0 Å². The first-order valence-electron chi connectivity index (χ1n) is 17.3. The predicted octanol–water partition coefficient (Wildman–Crippen LogP) is 12.7. The van der Waals surface area contributed by atoms with Gasteiger partial charge in [-0.05, 0) is 115 Å². The third kappa shape index (κ3) is 14.0. The van der Waals surface area contributed by atoms with Gasteiger partial charge in [0.15, 0.2) is 12.1 Å². The lowest BCUT2D eigenvalue weighted by molar-refractivity contribution is -0.137. The largest absolute Gasteiger partial charge is 0.418 e. The fourth-order valence-electron chi connectivity index (χ4n) is 5.00. The molecule has 280 valence electrons. The monoisotopic (exact) mass is 706 g/mol. The average molecular weight is 707 g/mol. The Morgan fingerprint density at radius 2 is 1.60 bits per heavy atom. The number of aryl methyl sites for hydroxylation is 2. The van der Waals surface area contributed by atoms with Crippen LogP contribution in [0.3, 0.4) is 0 Å². The van der Waals surface area contributed by atoms with Crippen LogP contribution < -0.4 is 5.32 Å². The third-order valence-corrected chi connectivity index (χ3v) is 8.50. The third-order valence-electron chi connectivity index (χ3n) is 8.50. The topological polar surface area (TPSA) is 61.7 Å². The van der Waals surface area contributed by atoms with Crippen molar-refractivity contribution < 1.29 is 31.9 Å². The number of anilines is 1. The standard InChI is InChI=1S/C22H31F4NO.C17H22FNO.C2H6/c1-7-9-19(28)17-10-11-18(22(24,25)26)21(27-16(6)23)20(17)15(5)12-14(4)13(3)8-2;1-7-14(10-19-13(4)17(5,6)20)15-8-11(2)12(3)9-16(15)18;1-2/h8,10-11,14-16,27H,7,9,12H2,1-6H3;7-10,20H,1H2,2-6H3;1-2H3/b13-8-;14-10+,19-13?;. The molecule has 0 aromatic heterocycles. The van der Waals surface area contributed by atoms with E-state index in [2.05, 4.69) is 16.9 Å². The zero-order chi connectivity index (χ0) is 39.1. The molecule has 0 saturated carbocycles. The first-order chi connectivity index (χ1) is 23.1. The summed E-state index contributed by atoms with van der Waals surface area (Å²) in [5.74, 6) is -0.748. The molecule has 4 nitrogen and oxygen atoms in total. The number of carbonyl (C=O) groups excluding carboxylic acids is 1. The minimum atomic E-state index is -4.65. The van der Waals surface area contributed by atoms with Gasteiger partial charge >= 0.3 is 6.18 Å². The number of nitrogens with one attached hydrogen (secondary N) is 1. The van der Waals surface area contributed by atoms with Crippen LogP contribution in [0.1, 0.15) is 140 Å². The number of ketones is 1. The number of benzene rings is 2. The van der Waals surface area contributed by atoms with E-state index in [-0.39, 0.29) is 46.7 Å². The molecule has 2 aromatic rings. The maximum atomic E-state index is 14.0. The normalized spacial score (nSPS) is 14.4. The molecular formula is C41H59F5N2O2. The Morgan fingerprint density at radius 3 is 2.06 bits per heavy atom. The highest BCUT2D eigenvalue weighted by Crippen LogP contribution is 2.43. The second kappa shape index (κ2) is 20.9. The van der Waals surface area contributed by atoms with Crippen molar-refractivity contribution in [2.75, 3.05) is 5.32 Å². The van der Waals surface area contributed by atoms with Gasteiger partial charge in [-0.2, -0.15) is 13.2 Å². The van der Waals surface area contributed by atoms with E-state index >= 15 is 0 Å². The first-order valence-corrected chi connectivity index (χ1v) is 17.3. The molecule has 0 aliphatic carbocycles. The van der Waals surface area contributed by atoms with Gasteiger partial charge in [0.05, 0.1) is 16.9 Å². The number of alkyl halides is 4. The van der Waals surface area contributed by atoms with Gasteiger partial charge in [-0.1, -0.05) is 65.0 Å². The van der Waals surface area contributed by atoms with Crippen molar-refractivity contribution in [2.45, 2.75) is 133 Å². The quantitative estimate of drug-likeness (QED) is 0.0544. The number of halogens is 5. The van der Waals surface area contributed by atoms with Crippen LogP contribution >= 0.6 is 0 Å². The van der Waals surface area contributed by atoms with Gasteiger partial charge in [0.2, 0.25) is 0 Å². The molecule has 3 unspecified atom stereocenters. The molecule has 3 atom stereocenters. The van der Waals surface area contributed by atoms with E-state index in [0.717, 1.165) is 29.7 Å². The van der Waals surface area contributed by atoms with E-state index in [0.29, 0.717) is 29.7 Å². The van der Waals surface area contributed by atoms with E-state index in [4.69, 9.17) is 0 Å². The molecule has 9 heteroatoms. The molecule has 0 radical (unpaired) electrons. The molecule has 0 spiro atoms. The Hall–Kier alpha value is -3.59. The molecule has 0 aliphatic heterocycles. The maximum Gasteiger partial charge on any atom is 0.418 e. The van der Waals surface area contributed by atoms with E-state index in [9.17, 15) is 31.9 Å². The van der Waals surface area contributed by atoms with Crippen LogP contribution in [0, 0.1) is 25.6 Å². The van der Waals surface area contributed by atoms with Gasteiger partial charge < -0.3 is 10.4 Å². The van der Waals surface area contributed by atoms with Crippen LogP contribution in [-0.4, -0.2) is 28.5 Å². The number of carbonyl (C=O) groups is 1. The SMILES string of the molecule is C/C=C(/C)C(C)CC(C)c1c(C(=O)CCC)ccc(C(F)(F)F)c1NC(C)F.C=C/C(=C\N=C(C)C(C)(C)O)c1cc(C)c(C)cc1F.CC. The molecule has 0 fully saturated rings. The second-order valence-electron chi connectivity index (χ2n) is 12.9. The predicted molar refractivity (Wildman–Crippen MR) is 201 cm³/mol. The van der Waals surface area contributed by atoms with Crippen molar-refractivity contribution in [3.05, 3.63) is 94.0 Å². The lowest BCUT2D eigenvalue weighted by atomic mass is 9.82. The van der Waals surface area contributed by atoms with E-state index in [1.807, 2.05) is 61.5 Å². The average Bonchev–Trinajstić information content (AvgIpc) is 3.02. The smallest absolute Gasteiger partial charge is 0.385 e. The Bertz CT molecular complexity index is 1510. The summed E-state index contributed by atoms with van der Waals surface area (Å²) in [6, 6.07) is 5.42. The molecule has 2 N–H and O–H groups in total. The van der Waals surface area contributed by atoms with Gasteiger partial charge in [-0.25, -0.2) is 8.78 Å². The highest BCUT2D eigenvalue weighted by atomic mass is 19.4. The van der Waals surface area contributed by atoms with E-state index < -0.39 is 23.6 Å². The number of rotatable bonds is 13. The van der Waals surface area contributed by atoms with E-state index in [1.165, 1.54) is 18.3 Å². The van der Waals surface area contributed by atoms with Crippen LogP contribution in [-0.2, 0) is 6.18 Å².